The van der Waals surface area contributed by atoms with Crippen molar-refractivity contribution in [1.29, 1.82) is 0 Å². The number of carbonyl (C=O) groups is 1. The summed E-state index contributed by atoms with van der Waals surface area (Å²) >= 11 is 0. The quantitative estimate of drug-likeness (QED) is 0.561. The fraction of sp³-hybridized carbons (Fsp3) is 0.333. The first-order chi connectivity index (χ1) is 6.31. The molecule has 1 aliphatic heterocycles. The van der Waals surface area contributed by atoms with E-state index in [2.05, 4.69) is 16.1 Å². The van der Waals surface area contributed by atoms with Crippen molar-refractivity contribution >= 4 is 5.91 Å². The first-order valence-electron chi connectivity index (χ1n) is 4.08. The molecule has 4 nitrogen and oxygen atoms in total. The Kier molecular flexibility index (Phi) is 1.78. The molecule has 1 aliphatic rings. The summed E-state index contributed by atoms with van der Waals surface area (Å²) in [5.41, 5.74) is 2.18. The van der Waals surface area contributed by atoms with Crippen molar-refractivity contribution in [2.75, 3.05) is 6.54 Å². The maximum Gasteiger partial charge on any atom is 0.298 e. The number of terminal acetylenes is 1. The molecule has 0 atom stereocenters. The number of nitrogens with zero attached hydrogens (tertiary/aromatic N) is 2. The van der Waals surface area contributed by atoms with Gasteiger partial charge in [-0.1, -0.05) is 0 Å². The zero-order valence-electron chi connectivity index (χ0n) is 7.08. The average Bonchev–Trinajstić information content (AvgIpc) is 2.63. The van der Waals surface area contributed by atoms with Crippen molar-refractivity contribution in [3.63, 3.8) is 0 Å². The fourth-order valence-corrected chi connectivity index (χ4v) is 1.48. The van der Waals surface area contributed by atoms with E-state index in [0.29, 0.717) is 13.1 Å². The number of aromatic amines is 1. The summed E-state index contributed by atoms with van der Waals surface area (Å²) in [5.74, 6) is 1.86. The molecule has 1 N–H and O–H groups in total. The lowest BCUT2D eigenvalue weighted by atomic mass is 10.1. The molecule has 0 aliphatic carbocycles. The first-order valence-corrected chi connectivity index (χ1v) is 4.08. The van der Waals surface area contributed by atoms with E-state index in [9.17, 15) is 4.79 Å². The fourth-order valence-electron chi connectivity index (χ4n) is 1.48. The standard InChI is InChI=1S/C9H9N3O/c1-2-9(13)12-4-3-7-5-10-11-8(7)6-12/h1,5H,3-4,6H2,(H,10,11). The molecule has 66 valence electrons. The van der Waals surface area contributed by atoms with Gasteiger partial charge in [0.05, 0.1) is 18.4 Å². The van der Waals surface area contributed by atoms with Crippen molar-refractivity contribution in [2.24, 2.45) is 0 Å². The van der Waals surface area contributed by atoms with Gasteiger partial charge in [-0.15, -0.1) is 6.42 Å². The van der Waals surface area contributed by atoms with Gasteiger partial charge in [-0.05, 0) is 17.9 Å². The molecule has 0 unspecified atom stereocenters. The molecule has 0 radical (unpaired) electrons. The van der Waals surface area contributed by atoms with Gasteiger partial charge in [0.15, 0.2) is 0 Å². The third-order valence-electron chi connectivity index (χ3n) is 2.22. The Bertz CT molecular complexity index is 374. The van der Waals surface area contributed by atoms with Gasteiger partial charge in [0, 0.05) is 6.54 Å². The van der Waals surface area contributed by atoms with Gasteiger partial charge < -0.3 is 4.90 Å². The monoisotopic (exact) mass is 175 g/mol. The number of amides is 1. The van der Waals surface area contributed by atoms with Crippen LogP contribution < -0.4 is 0 Å². The number of carbonyl (C=O) groups excluding carboxylic acids is 1. The van der Waals surface area contributed by atoms with E-state index >= 15 is 0 Å². The Hall–Kier alpha value is -1.76. The molecule has 1 aromatic rings. The number of hydrogen-bond donors (Lipinski definition) is 1. The number of aromatic nitrogens is 2. The van der Waals surface area contributed by atoms with Crippen molar-refractivity contribution < 1.29 is 4.79 Å². The lowest BCUT2D eigenvalue weighted by Crippen LogP contribution is -2.34. The van der Waals surface area contributed by atoms with E-state index < -0.39 is 0 Å². The van der Waals surface area contributed by atoms with E-state index in [4.69, 9.17) is 6.42 Å². The van der Waals surface area contributed by atoms with Crippen LogP contribution in [0.5, 0.6) is 0 Å². The Labute approximate surface area is 75.9 Å². The Balaban J connectivity index is 2.18. The molecule has 0 saturated carbocycles. The van der Waals surface area contributed by atoms with Crippen LogP contribution in [0.15, 0.2) is 6.20 Å². The number of rotatable bonds is 0. The van der Waals surface area contributed by atoms with Gasteiger partial charge in [0.1, 0.15) is 0 Å². The van der Waals surface area contributed by atoms with Gasteiger partial charge in [0.25, 0.3) is 5.91 Å². The molecule has 1 aromatic heterocycles. The average molecular weight is 175 g/mol. The minimum absolute atomic E-state index is 0.250. The number of nitrogens with one attached hydrogen (secondary N) is 1. The van der Waals surface area contributed by atoms with Crippen molar-refractivity contribution in [3.05, 3.63) is 17.5 Å². The van der Waals surface area contributed by atoms with E-state index in [0.717, 1.165) is 12.1 Å². The second-order valence-electron chi connectivity index (χ2n) is 2.99. The van der Waals surface area contributed by atoms with E-state index in [1.165, 1.54) is 5.56 Å². The normalized spacial score (nSPS) is 14.8. The van der Waals surface area contributed by atoms with Crippen LogP contribution in [-0.2, 0) is 17.8 Å². The Morgan fingerprint density at radius 1 is 1.77 bits per heavy atom. The van der Waals surface area contributed by atoms with Gasteiger partial charge in [-0.25, -0.2) is 0 Å². The molecule has 0 aromatic carbocycles. The second-order valence-corrected chi connectivity index (χ2v) is 2.99. The van der Waals surface area contributed by atoms with Crippen LogP contribution in [0.4, 0.5) is 0 Å². The third kappa shape index (κ3) is 1.29. The number of fused-ring (bicyclic) bond motifs is 1. The molecule has 0 bridgehead atoms. The zero-order chi connectivity index (χ0) is 9.26. The lowest BCUT2D eigenvalue weighted by molar-refractivity contribution is -0.126. The summed E-state index contributed by atoms with van der Waals surface area (Å²) < 4.78 is 0. The second kappa shape index (κ2) is 2.94. The Morgan fingerprint density at radius 2 is 2.62 bits per heavy atom. The topological polar surface area (TPSA) is 49.0 Å². The highest BCUT2D eigenvalue weighted by Gasteiger charge is 2.20. The molecule has 2 heterocycles. The zero-order valence-corrected chi connectivity index (χ0v) is 7.08. The summed E-state index contributed by atoms with van der Waals surface area (Å²) in [6.45, 7) is 1.24. The maximum atomic E-state index is 11.2. The van der Waals surface area contributed by atoms with Crippen LogP contribution in [0.2, 0.25) is 0 Å². The maximum absolute atomic E-state index is 11.2. The van der Waals surface area contributed by atoms with Crippen LogP contribution in [0, 0.1) is 12.3 Å². The molecular weight excluding hydrogens is 166 g/mol. The van der Waals surface area contributed by atoms with Crippen LogP contribution in [0.25, 0.3) is 0 Å². The predicted molar refractivity (Wildman–Crippen MR) is 46.5 cm³/mol. The molecule has 4 heteroatoms. The summed E-state index contributed by atoms with van der Waals surface area (Å²) in [5, 5.41) is 6.76. The SMILES string of the molecule is C#CC(=O)N1CCc2cn[nH]c2C1. The molecule has 2 rings (SSSR count). The minimum atomic E-state index is -0.250. The minimum Gasteiger partial charge on any atom is -0.326 e. The van der Waals surface area contributed by atoms with Crippen molar-refractivity contribution in [3.8, 4) is 12.3 Å². The summed E-state index contributed by atoms with van der Waals surface area (Å²) in [6, 6.07) is 0. The van der Waals surface area contributed by atoms with Crippen molar-refractivity contribution in [1.82, 2.24) is 15.1 Å². The molecular formula is C9H9N3O. The van der Waals surface area contributed by atoms with E-state index in [-0.39, 0.29) is 5.91 Å². The van der Waals surface area contributed by atoms with Crippen molar-refractivity contribution in [2.45, 2.75) is 13.0 Å². The Morgan fingerprint density at radius 3 is 3.38 bits per heavy atom. The highest BCUT2D eigenvalue weighted by Crippen LogP contribution is 2.15. The molecule has 0 fully saturated rings. The third-order valence-corrected chi connectivity index (χ3v) is 2.22. The summed E-state index contributed by atoms with van der Waals surface area (Å²) in [4.78, 5) is 12.8. The van der Waals surface area contributed by atoms with Gasteiger partial charge in [0.2, 0.25) is 0 Å². The molecule has 13 heavy (non-hydrogen) atoms. The van der Waals surface area contributed by atoms with Crippen LogP contribution in [0.1, 0.15) is 11.3 Å². The van der Waals surface area contributed by atoms with Gasteiger partial charge in [-0.3, -0.25) is 9.89 Å². The first kappa shape index (κ1) is 7.87. The van der Waals surface area contributed by atoms with Crippen LogP contribution in [0.3, 0.4) is 0 Å². The predicted octanol–water partition coefficient (Wildman–Crippen LogP) is -0.0724. The summed E-state index contributed by atoms with van der Waals surface area (Å²) in [7, 11) is 0. The highest BCUT2D eigenvalue weighted by atomic mass is 16.2. The van der Waals surface area contributed by atoms with Crippen LogP contribution in [-0.4, -0.2) is 27.5 Å². The number of hydrogen-bond acceptors (Lipinski definition) is 2. The largest absolute Gasteiger partial charge is 0.326 e. The summed E-state index contributed by atoms with van der Waals surface area (Å²) in [6.07, 6.45) is 7.66. The van der Waals surface area contributed by atoms with E-state index in [1.807, 2.05) is 0 Å². The van der Waals surface area contributed by atoms with Gasteiger partial charge >= 0.3 is 0 Å². The van der Waals surface area contributed by atoms with Crippen LogP contribution >= 0.6 is 0 Å². The molecule has 1 amide bonds. The smallest absolute Gasteiger partial charge is 0.298 e. The molecule has 0 spiro atoms. The van der Waals surface area contributed by atoms with Gasteiger partial charge in [-0.2, -0.15) is 5.10 Å². The lowest BCUT2D eigenvalue weighted by Gasteiger charge is -2.24. The molecule has 0 saturated heterocycles. The number of H-pyrrole nitrogens is 1. The van der Waals surface area contributed by atoms with E-state index in [1.54, 1.807) is 11.1 Å². The highest BCUT2D eigenvalue weighted by molar-refractivity contribution is 5.92.